The molecule has 0 aliphatic rings. The van der Waals surface area contributed by atoms with Gasteiger partial charge in [-0.25, -0.2) is 17.2 Å². The van der Waals surface area contributed by atoms with Crippen LogP contribution < -0.4 is 9.62 Å². The van der Waals surface area contributed by atoms with Crippen LogP contribution in [0.3, 0.4) is 0 Å². The van der Waals surface area contributed by atoms with Crippen LogP contribution in [0.25, 0.3) is 0 Å². The number of hydrogen-bond acceptors (Lipinski definition) is 4. The first-order chi connectivity index (χ1) is 18.2. The maximum Gasteiger partial charge on any atom is 0.264 e. The lowest BCUT2D eigenvalue weighted by atomic mass is 10.1. The van der Waals surface area contributed by atoms with E-state index in [2.05, 4.69) is 5.32 Å². The maximum absolute atomic E-state index is 13.8. The standard InChI is InChI=1S/C28H31F2N3O4S/c1-3-18-31-28(35)26(4-2)32(19-21-10-12-22(29)13-11-21)27(34)20-33(24-16-14-23(30)15-17-24)38(36,37)25-8-6-5-7-9-25/h5-17,26H,3-4,18-20H2,1-2H3,(H,31,35). The van der Waals surface area contributed by atoms with E-state index in [1.54, 1.807) is 25.1 Å². The Hall–Kier alpha value is -3.79. The van der Waals surface area contributed by atoms with Gasteiger partial charge in [0.05, 0.1) is 10.6 Å². The fourth-order valence-corrected chi connectivity index (χ4v) is 5.36. The molecule has 1 unspecified atom stereocenters. The normalized spacial score (nSPS) is 12.0. The Labute approximate surface area is 222 Å². The Morgan fingerprint density at radius 1 is 0.868 bits per heavy atom. The highest BCUT2D eigenvalue weighted by molar-refractivity contribution is 7.92. The number of nitrogens with zero attached hydrogens (tertiary/aromatic N) is 2. The Morgan fingerprint density at radius 3 is 2.00 bits per heavy atom. The van der Waals surface area contributed by atoms with Crippen LogP contribution in [0, 0.1) is 11.6 Å². The molecule has 0 aromatic heterocycles. The minimum absolute atomic E-state index is 0.0419. The predicted octanol–water partition coefficient (Wildman–Crippen LogP) is 4.49. The minimum Gasteiger partial charge on any atom is -0.354 e. The van der Waals surface area contributed by atoms with Crippen molar-refractivity contribution < 1.29 is 26.8 Å². The molecule has 0 spiro atoms. The second kappa shape index (κ2) is 13.1. The molecule has 202 valence electrons. The van der Waals surface area contributed by atoms with E-state index < -0.39 is 40.2 Å². The fourth-order valence-electron chi connectivity index (χ4n) is 3.93. The molecule has 0 fully saturated rings. The van der Waals surface area contributed by atoms with Crippen LogP contribution in [-0.2, 0) is 26.2 Å². The number of anilines is 1. The molecule has 0 radical (unpaired) electrons. The van der Waals surface area contributed by atoms with E-state index >= 15 is 0 Å². The summed E-state index contributed by atoms with van der Waals surface area (Å²) in [6.45, 7) is 3.39. The predicted molar refractivity (Wildman–Crippen MR) is 142 cm³/mol. The molecule has 0 aliphatic heterocycles. The highest BCUT2D eigenvalue weighted by atomic mass is 32.2. The van der Waals surface area contributed by atoms with E-state index in [0.29, 0.717) is 18.5 Å². The first kappa shape index (κ1) is 28.8. The first-order valence-electron chi connectivity index (χ1n) is 12.3. The van der Waals surface area contributed by atoms with E-state index in [4.69, 9.17) is 0 Å². The van der Waals surface area contributed by atoms with Gasteiger partial charge in [-0.15, -0.1) is 0 Å². The molecule has 2 amide bonds. The zero-order chi connectivity index (χ0) is 27.7. The van der Waals surface area contributed by atoms with Gasteiger partial charge in [-0.1, -0.05) is 44.2 Å². The van der Waals surface area contributed by atoms with Gasteiger partial charge >= 0.3 is 0 Å². The molecule has 3 rings (SSSR count). The molecule has 7 nitrogen and oxygen atoms in total. The van der Waals surface area contributed by atoms with Crippen LogP contribution in [0.1, 0.15) is 32.3 Å². The molecule has 0 saturated carbocycles. The van der Waals surface area contributed by atoms with Crippen LogP contribution >= 0.6 is 0 Å². The molecule has 1 atom stereocenters. The van der Waals surface area contributed by atoms with Crippen molar-refractivity contribution >= 4 is 27.5 Å². The van der Waals surface area contributed by atoms with Crippen LogP contribution in [0.15, 0.2) is 83.8 Å². The number of carbonyl (C=O) groups is 2. The van der Waals surface area contributed by atoms with Crippen molar-refractivity contribution in [3.05, 3.63) is 96.1 Å². The number of nitrogens with one attached hydrogen (secondary N) is 1. The summed E-state index contributed by atoms with van der Waals surface area (Å²) in [5.74, 6) is -2.02. The summed E-state index contributed by atoms with van der Waals surface area (Å²) < 4.78 is 55.3. The Balaban J connectivity index is 2.02. The molecule has 0 heterocycles. The van der Waals surface area contributed by atoms with Gasteiger partial charge in [0.2, 0.25) is 11.8 Å². The van der Waals surface area contributed by atoms with Crippen LogP contribution in [0.4, 0.5) is 14.5 Å². The topological polar surface area (TPSA) is 86.8 Å². The monoisotopic (exact) mass is 543 g/mol. The van der Waals surface area contributed by atoms with Crippen molar-refractivity contribution in [3.63, 3.8) is 0 Å². The summed E-state index contributed by atoms with van der Waals surface area (Å²) in [7, 11) is -4.23. The number of sulfonamides is 1. The number of amides is 2. The molecule has 0 bridgehead atoms. The van der Waals surface area contributed by atoms with Gasteiger partial charge in [0.25, 0.3) is 10.0 Å². The molecular formula is C28H31F2N3O4S. The number of rotatable bonds is 12. The number of carbonyl (C=O) groups excluding carboxylic acids is 2. The van der Waals surface area contributed by atoms with E-state index in [-0.39, 0.29) is 29.5 Å². The minimum atomic E-state index is -4.23. The second-order valence-corrected chi connectivity index (χ2v) is 10.5. The summed E-state index contributed by atoms with van der Waals surface area (Å²) in [4.78, 5) is 28.1. The summed E-state index contributed by atoms with van der Waals surface area (Å²) in [5, 5.41) is 2.79. The van der Waals surface area contributed by atoms with Gasteiger partial charge in [0.15, 0.2) is 0 Å². The fraction of sp³-hybridized carbons (Fsp3) is 0.286. The first-order valence-corrected chi connectivity index (χ1v) is 13.8. The van der Waals surface area contributed by atoms with Crippen LogP contribution in [-0.4, -0.2) is 44.3 Å². The van der Waals surface area contributed by atoms with Gasteiger partial charge < -0.3 is 10.2 Å². The largest absolute Gasteiger partial charge is 0.354 e. The third-order valence-electron chi connectivity index (χ3n) is 5.93. The van der Waals surface area contributed by atoms with Gasteiger partial charge in [-0.3, -0.25) is 13.9 Å². The Morgan fingerprint density at radius 2 is 1.45 bits per heavy atom. The molecular weight excluding hydrogens is 512 g/mol. The summed E-state index contributed by atoms with van der Waals surface area (Å²) >= 11 is 0. The lowest BCUT2D eigenvalue weighted by Crippen LogP contribution is -2.52. The summed E-state index contributed by atoms with van der Waals surface area (Å²) in [5.41, 5.74) is 0.662. The van der Waals surface area contributed by atoms with Crippen molar-refractivity contribution in [3.8, 4) is 0 Å². The molecule has 10 heteroatoms. The zero-order valence-corrected chi connectivity index (χ0v) is 22.1. The number of halogens is 2. The molecule has 0 aliphatic carbocycles. The van der Waals surface area contributed by atoms with E-state index in [1.165, 1.54) is 53.4 Å². The maximum atomic E-state index is 13.8. The van der Waals surface area contributed by atoms with Gasteiger partial charge in [-0.05, 0) is 66.9 Å². The van der Waals surface area contributed by atoms with Crippen molar-refractivity contribution in [1.29, 1.82) is 0 Å². The lowest BCUT2D eigenvalue weighted by molar-refractivity contribution is -0.140. The molecule has 0 saturated heterocycles. The van der Waals surface area contributed by atoms with Crippen LogP contribution in [0.5, 0.6) is 0 Å². The molecule has 1 N–H and O–H groups in total. The van der Waals surface area contributed by atoms with Crippen molar-refractivity contribution in [1.82, 2.24) is 10.2 Å². The third kappa shape index (κ3) is 7.16. The third-order valence-corrected chi connectivity index (χ3v) is 7.71. The van der Waals surface area contributed by atoms with Crippen molar-refractivity contribution in [2.24, 2.45) is 0 Å². The van der Waals surface area contributed by atoms with Gasteiger partial charge in [-0.2, -0.15) is 0 Å². The molecule has 38 heavy (non-hydrogen) atoms. The van der Waals surface area contributed by atoms with E-state index in [9.17, 15) is 26.8 Å². The van der Waals surface area contributed by atoms with E-state index in [1.807, 2.05) is 6.92 Å². The average Bonchev–Trinajstić information content (AvgIpc) is 2.92. The van der Waals surface area contributed by atoms with Gasteiger partial charge in [0.1, 0.15) is 24.2 Å². The summed E-state index contributed by atoms with van der Waals surface area (Å²) in [6, 6.07) is 17.0. The molecule has 3 aromatic rings. The highest BCUT2D eigenvalue weighted by Gasteiger charge is 2.33. The number of hydrogen-bond donors (Lipinski definition) is 1. The van der Waals surface area contributed by atoms with Crippen molar-refractivity contribution in [2.45, 2.75) is 44.2 Å². The quantitative estimate of drug-likeness (QED) is 0.365. The zero-order valence-electron chi connectivity index (χ0n) is 21.3. The van der Waals surface area contributed by atoms with Crippen molar-refractivity contribution in [2.75, 3.05) is 17.4 Å². The molecule has 3 aromatic carbocycles. The lowest BCUT2D eigenvalue weighted by Gasteiger charge is -2.33. The van der Waals surface area contributed by atoms with E-state index in [0.717, 1.165) is 16.4 Å². The smallest absolute Gasteiger partial charge is 0.264 e. The van der Waals surface area contributed by atoms with Crippen LogP contribution in [0.2, 0.25) is 0 Å². The van der Waals surface area contributed by atoms with Gasteiger partial charge in [0, 0.05) is 13.1 Å². The number of benzene rings is 3. The highest BCUT2D eigenvalue weighted by Crippen LogP contribution is 2.25. The summed E-state index contributed by atoms with van der Waals surface area (Å²) in [6.07, 6.45) is 0.964. The second-order valence-electron chi connectivity index (χ2n) is 8.66. The average molecular weight is 544 g/mol. The Kier molecular flexibility index (Phi) is 9.95. The Bertz CT molecular complexity index is 1320. The SMILES string of the molecule is CCCNC(=O)C(CC)N(Cc1ccc(F)cc1)C(=O)CN(c1ccc(F)cc1)S(=O)(=O)c1ccccc1.